The zero-order valence-corrected chi connectivity index (χ0v) is 33.8. The number of aromatic carboxylic acids is 1. The van der Waals surface area contributed by atoms with Crippen molar-refractivity contribution >= 4 is 51.7 Å². The highest BCUT2D eigenvalue weighted by Crippen LogP contribution is 2.39. The molecule has 1 aliphatic carbocycles. The Morgan fingerprint density at radius 2 is 1.46 bits per heavy atom. The van der Waals surface area contributed by atoms with E-state index in [1.807, 2.05) is 47.4 Å². The van der Waals surface area contributed by atoms with Crippen LogP contribution in [-0.2, 0) is 41.8 Å². The summed E-state index contributed by atoms with van der Waals surface area (Å²) in [5, 5.41) is 25.4. The van der Waals surface area contributed by atoms with Crippen LogP contribution in [0, 0.1) is 5.41 Å². The second kappa shape index (κ2) is 18.3. The van der Waals surface area contributed by atoms with Crippen LogP contribution in [0.3, 0.4) is 0 Å². The fourth-order valence-electron chi connectivity index (χ4n) is 7.53. The number of anilines is 2. The third-order valence-corrected chi connectivity index (χ3v) is 12.5. The highest BCUT2D eigenvalue weighted by molar-refractivity contribution is 7.17. The Labute approximate surface area is 338 Å². The minimum atomic E-state index is -1.02. The molecule has 300 valence electrons. The number of nitrogens with one attached hydrogen (secondary N) is 2. The van der Waals surface area contributed by atoms with Crippen LogP contribution in [0.1, 0.15) is 111 Å². The Bertz CT molecular complexity index is 2100. The Morgan fingerprint density at radius 3 is 2.11 bits per heavy atom. The van der Waals surface area contributed by atoms with Gasteiger partial charge in [-0.05, 0) is 150 Å². The average Bonchev–Trinajstić information content (AvgIpc) is 3.57. The number of aryl methyl sites for hydroxylation is 3. The number of nitrogens with zero attached hydrogens (tertiary/aromatic N) is 2. The smallest absolute Gasteiger partial charge is 0.335 e. The van der Waals surface area contributed by atoms with Gasteiger partial charge < -0.3 is 30.6 Å². The third-order valence-electron chi connectivity index (χ3n) is 11.3. The second-order valence-electron chi connectivity index (χ2n) is 16.0. The molecule has 4 N–H and O–H groups in total. The van der Waals surface area contributed by atoms with Crippen molar-refractivity contribution < 1.29 is 34.2 Å². The minimum Gasteiger partial charge on any atom is -0.481 e. The lowest BCUT2D eigenvalue weighted by atomic mass is 9.87. The molecule has 3 amide bonds. The number of carbonyl (C=O) groups excluding carboxylic acids is 3. The first kappa shape index (κ1) is 41.3. The summed E-state index contributed by atoms with van der Waals surface area (Å²) in [6.45, 7) is 5.30. The van der Waals surface area contributed by atoms with Gasteiger partial charge in [0.15, 0.2) is 0 Å². The molecule has 0 atom stereocenters. The second-order valence-corrected chi connectivity index (χ2v) is 17.1. The highest BCUT2D eigenvalue weighted by atomic mass is 32.1. The summed E-state index contributed by atoms with van der Waals surface area (Å²) in [5.41, 5.74) is 4.71. The van der Waals surface area contributed by atoms with E-state index in [0.29, 0.717) is 28.4 Å². The number of hydrogen-bond donors (Lipinski definition) is 4. The molecule has 1 aliphatic heterocycles. The molecule has 4 aromatic rings. The Balaban J connectivity index is 1.14. The molecule has 0 bridgehead atoms. The van der Waals surface area contributed by atoms with Crippen LogP contribution >= 0.6 is 11.3 Å². The fourth-order valence-corrected chi connectivity index (χ4v) is 8.81. The molecule has 1 saturated heterocycles. The largest absolute Gasteiger partial charge is 0.481 e. The van der Waals surface area contributed by atoms with Crippen molar-refractivity contribution in [3.8, 4) is 0 Å². The van der Waals surface area contributed by atoms with Crippen molar-refractivity contribution in [3.05, 3.63) is 117 Å². The summed E-state index contributed by atoms with van der Waals surface area (Å²) in [6, 6.07) is 21.8. The number of rotatable bonds is 15. The van der Waals surface area contributed by atoms with Crippen molar-refractivity contribution in [1.29, 1.82) is 0 Å². The number of carboxylic acids is 2. The van der Waals surface area contributed by atoms with Gasteiger partial charge in [-0.3, -0.25) is 19.2 Å². The van der Waals surface area contributed by atoms with Crippen LogP contribution in [0.4, 0.5) is 10.7 Å². The molecule has 2 aliphatic rings. The number of aliphatic carboxylic acids is 1. The molecule has 0 radical (unpaired) electrons. The molecule has 11 nitrogen and oxygen atoms in total. The number of carbonyl (C=O) groups is 5. The Kier molecular flexibility index (Phi) is 13.3. The monoisotopic (exact) mass is 792 g/mol. The first-order valence-electron chi connectivity index (χ1n) is 19.8. The summed E-state index contributed by atoms with van der Waals surface area (Å²) in [7, 11) is 2.06. The first-order chi connectivity index (χ1) is 27.3. The molecule has 57 heavy (non-hydrogen) atoms. The predicted octanol–water partition coefficient (Wildman–Crippen LogP) is 7.93. The lowest BCUT2D eigenvalue weighted by Gasteiger charge is -2.38. The van der Waals surface area contributed by atoms with E-state index in [9.17, 15) is 29.1 Å². The number of amides is 3. The molecule has 0 saturated carbocycles. The van der Waals surface area contributed by atoms with Crippen LogP contribution < -0.4 is 10.6 Å². The number of fused-ring (bicyclic) bond motifs is 1. The zero-order valence-electron chi connectivity index (χ0n) is 32.9. The van der Waals surface area contributed by atoms with Gasteiger partial charge in [0.25, 0.3) is 11.8 Å². The molecule has 0 unspecified atom stereocenters. The quantitative estimate of drug-likeness (QED) is 0.0946. The summed E-state index contributed by atoms with van der Waals surface area (Å²) >= 11 is 1.46. The first-order valence-corrected chi connectivity index (χ1v) is 20.6. The standard InChI is InChI=1S/C45H52N4O7S/c1-45(2,44(55)56)24-21-38(50)49(35-22-25-48(3)26-23-35)28-31-7-6-8-33(27-31)40(51)47-42-39(36-9-4-5-10-37(36)57-42)41(52)46-34-19-15-30(16-20-34)12-11-29-13-17-32(18-14-29)43(53)54/h6-8,13-20,27,35H,4-5,9-12,21-26,28H2,1-3H3,(H,46,52)(H,47,51)(H,53,54)(H,55,56). The molecule has 3 aromatic carbocycles. The van der Waals surface area contributed by atoms with Gasteiger partial charge >= 0.3 is 11.9 Å². The van der Waals surface area contributed by atoms with E-state index in [0.717, 1.165) is 91.6 Å². The van der Waals surface area contributed by atoms with Gasteiger partial charge in [0.05, 0.1) is 16.5 Å². The number of thiophene rings is 1. The molecule has 2 heterocycles. The van der Waals surface area contributed by atoms with Crippen molar-refractivity contribution in [3.63, 3.8) is 0 Å². The van der Waals surface area contributed by atoms with Gasteiger partial charge in [0.2, 0.25) is 5.91 Å². The zero-order chi connectivity index (χ0) is 40.7. The Morgan fingerprint density at radius 1 is 0.807 bits per heavy atom. The van der Waals surface area contributed by atoms with Gasteiger partial charge in [-0.15, -0.1) is 11.3 Å². The lowest BCUT2D eigenvalue weighted by molar-refractivity contribution is -0.148. The molecule has 12 heteroatoms. The van der Waals surface area contributed by atoms with Crippen molar-refractivity contribution in [2.24, 2.45) is 5.41 Å². The number of likely N-dealkylation sites (tertiary alicyclic amines) is 1. The Hall–Kier alpha value is -5.33. The van der Waals surface area contributed by atoms with Gasteiger partial charge in [0, 0.05) is 35.1 Å². The molecule has 6 rings (SSSR count). The van der Waals surface area contributed by atoms with Crippen molar-refractivity contribution in [1.82, 2.24) is 9.80 Å². The van der Waals surface area contributed by atoms with Crippen LogP contribution in [0.15, 0.2) is 72.8 Å². The summed E-state index contributed by atoms with van der Waals surface area (Å²) in [6.07, 6.45) is 7.09. The van der Waals surface area contributed by atoms with Gasteiger partial charge in [-0.1, -0.05) is 36.4 Å². The van der Waals surface area contributed by atoms with Crippen LogP contribution in [-0.4, -0.2) is 75.9 Å². The molecular formula is C45H52N4O7S. The average molecular weight is 793 g/mol. The maximum absolute atomic E-state index is 13.9. The van der Waals surface area contributed by atoms with Crippen molar-refractivity contribution in [2.45, 2.75) is 90.6 Å². The normalized spacial score (nSPS) is 14.7. The van der Waals surface area contributed by atoms with Crippen LogP contribution in [0.5, 0.6) is 0 Å². The lowest BCUT2D eigenvalue weighted by Crippen LogP contribution is -2.46. The maximum Gasteiger partial charge on any atom is 0.335 e. The topological polar surface area (TPSA) is 156 Å². The molecule has 1 fully saturated rings. The van der Waals surface area contributed by atoms with E-state index < -0.39 is 17.4 Å². The summed E-state index contributed by atoms with van der Waals surface area (Å²) in [4.78, 5) is 69.7. The van der Waals surface area contributed by atoms with Crippen LogP contribution in [0.2, 0.25) is 0 Å². The number of hydrogen-bond acceptors (Lipinski definition) is 7. The van der Waals surface area contributed by atoms with Gasteiger partial charge in [-0.2, -0.15) is 0 Å². The molecule has 0 spiro atoms. The van der Waals surface area contributed by atoms with E-state index in [4.69, 9.17) is 5.11 Å². The minimum absolute atomic E-state index is 0.0128. The van der Waals surface area contributed by atoms with E-state index in [1.54, 1.807) is 44.2 Å². The maximum atomic E-state index is 13.9. The predicted molar refractivity (Wildman–Crippen MR) is 222 cm³/mol. The number of piperidine rings is 1. The third kappa shape index (κ3) is 10.5. The van der Waals surface area contributed by atoms with Crippen LogP contribution in [0.25, 0.3) is 0 Å². The van der Waals surface area contributed by atoms with E-state index >= 15 is 0 Å². The number of benzene rings is 3. The summed E-state index contributed by atoms with van der Waals surface area (Å²) in [5.74, 6) is -2.59. The van der Waals surface area contributed by atoms with Crippen molar-refractivity contribution in [2.75, 3.05) is 30.8 Å². The van der Waals surface area contributed by atoms with E-state index in [1.165, 1.54) is 11.3 Å². The SMILES string of the molecule is CN1CCC(N(Cc2cccc(C(=O)Nc3sc4c(c3C(=O)Nc3ccc(CCc5ccc(C(=O)O)cc5)cc3)CCCC4)c2)C(=O)CCC(C)(C)C(=O)O)CC1. The number of carboxylic acid groups (broad SMARTS) is 2. The van der Waals surface area contributed by atoms with E-state index in [2.05, 4.69) is 22.6 Å². The highest BCUT2D eigenvalue weighted by Gasteiger charge is 2.32. The van der Waals surface area contributed by atoms with Gasteiger partial charge in [0.1, 0.15) is 5.00 Å². The van der Waals surface area contributed by atoms with Gasteiger partial charge in [-0.25, -0.2) is 4.79 Å². The molecular weight excluding hydrogens is 741 g/mol. The fraction of sp³-hybridized carbons (Fsp3) is 0.400. The summed E-state index contributed by atoms with van der Waals surface area (Å²) < 4.78 is 0. The van der Waals surface area contributed by atoms with E-state index in [-0.39, 0.29) is 42.2 Å². The molecule has 1 aromatic heterocycles.